The van der Waals surface area contributed by atoms with E-state index in [0.717, 1.165) is 4.47 Å². The predicted molar refractivity (Wildman–Crippen MR) is 129 cm³/mol. The highest BCUT2D eigenvalue weighted by Crippen LogP contribution is 2.36. The molecule has 0 saturated carbocycles. The Balaban J connectivity index is 1.62. The molecule has 0 unspecified atom stereocenters. The fourth-order valence-electron chi connectivity index (χ4n) is 2.92. The Labute approximate surface area is 203 Å². The van der Waals surface area contributed by atoms with Gasteiger partial charge in [0.1, 0.15) is 9.92 Å². The number of nitrogens with one attached hydrogen (secondary N) is 3. The van der Waals surface area contributed by atoms with Crippen LogP contribution in [0.15, 0.2) is 77.6 Å². The fraction of sp³-hybridized carbons (Fsp3) is 0. The fourth-order valence-corrected chi connectivity index (χ4v) is 6.10. The van der Waals surface area contributed by atoms with Crippen LogP contribution in [0.4, 0.5) is 11.4 Å². The maximum atomic E-state index is 13.0. The van der Waals surface area contributed by atoms with Crippen LogP contribution in [0.3, 0.4) is 0 Å². The molecule has 12 heteroatoms. The largest absolute Gasteiger partial charge is 0.417 e. The van der Waals surface area contributed by atoms with Crippen molar-refractivity contribution >= 4 is 81.9 Å². The highest BCUT2D eigenvalue weighted by Gasteiger charge is 2.26. The molecule has 0 atom stereocenters. The van der Waals surface area contributed by atoms with E-state index in [4.69, 9.17) is 16.0 Å². The molecule has 0 bridgehead atoms. The van der Waals surface area contributed by atoms with Gasteiger partial charge >= 0.3 is 5.76 Å². The van der Waals surface area contributed by atoms with Gasteiger partial charge in [-0.15, -0.1) is 0 Å². The first kappa shape index (κ1) is 22.6. The predicted octanol–water partition coefficient (Wildman–Crippen LogP) is 5.35. The number of carbonyl (C=O) groups excluding carboxylic acids is 1. The van der Waals surface area contributed by atoms with Gasteiger partial charge in [-0.2, -0.15) is 0 Å². The molecule has 0 spiro atoms. The molecule has 4 aromatic rings. The van der Waals surface area contributed by atoms with Crippen molar-refractivity contribution in [2.45, 2.75) is 4.90 Å². The summed E-state index contributed by atoms with van der Waals surface area (Å²) in [7, 11) is -4.18. The summed E-state index contributed by atoms with van der Waals surface area (Å²) >= 11 is 12.7. The molecular weight excluding hydrogens is 590 g/mol. The number of sulfonamides is 1. The summed E-state index contributed by atoms with van der Waals surface area (Å²) in [6, 6.07) is 14.4. The molecule has 0 radical (unpaired) electrons. The maximum Gasteiger partial charge on any atom is 0.417 e. The lowest BCUT2D eigenvalue weighted by molar-refractivity contribution is 0.102. The molecule has 0 aliphatic heterocycles. The lowest BCUT2D eigenvalue weighted by atomic mass is 10.2. The van der Waals surface area contributed by atoms with E-state index >= 15 is 0 Å². The van der Waals surface area contributed by atoms with Crippen LogP contribution in [0.2, 0.25) is 5.02 Å². The van der Waals surface area contributed by atoms with Crippen LogP contribution in [0.25, 0.3) is 11.1 Å². The van der Waals surface area contributed by atoms with Crippen molar-refractivity contribution < 1.29 is 17.6 Å². The summed E-state index contributed by atoms with van der Waals surface area (Å²) in [6.07, 6.45) is 0. The van der Waals surface area contributed by atoms with Gasteiger partial charge in [-0.25, -0.2) is 13.2 Å². The maximum absolute atomic E-state index is 13.0. The third kappa shape index (κ3) is 4.60. The lowest BCUT2D eigenvalue weighted by Gasteiger charge is -2.13. The number of anilines is 2. The average molecular weight is 602 g/mol. The van der Waals surface area contributed by atoms with E-state index < -0.39 is 15.8 Å². The van der Waals surface area contributed by atoms with Crippen LogP contribution in [0, 0.1) is 0 Å². The first-order valence-electron chi connectivity index (χ1n) is 8.85. The molecule has 0 saturated heterocycles. The highest BCUT2D eigenvalue weighted by atomic mass is 79.9. The number of H-pyrrole nitrogens is 1. The number of hydrogen-bond donors (Lipinski definition) is 3. The highest BCUT2D eigenvalue weighted by molar-refractivity contribution is 9.10. The molecular formula is C20H12Br2ClN3O5S. The smallest absolute Gasteiger partial charge is 0.406 e. The van der Waals surface area contributed by atoms with Gasteiger partial charge in [0.25, 0.3) is 15.9 Å². The third-order valence-electron chi connectivity index (χ3n) is 4.31. The Morgan fingerprint density at radius 3 is 2.44 bits per heavy atom. The SMILES string of the molecule is O=C(Nc1cccc(NS(=O)(=O)c2c(Br)cc3[nH]c(=O)oc3c2Cl)c1)c1ccc(Br)cc1. The van der Waals surface area contributed by atoms with Crippen LogP contribution in [-0.2, 0) is 10.0 Å². The molecule has 1 aromatic heterocycles. The van der Waals surface area contributed by atoms with Crippen LogP contribution in [0.1, 0.15) is 10.4 Å². The average Bonchev–Trinajstić information content (AvgIpc) is 3.08. The molecule has 3 N–H and O–H groups in total. The Kier molecular flexibility index (Phi) is 6.17. The zero-order valence-corrected chi connectivity index (χ0v) is 20.5. The third-order valence-corrected chi connectivity index (χ3v) is 7.67. The van der Waals surface area contributed by atoms with E-state index in [-0.39, 0.29) is 37.1 Å². The second kappa shape index (κ2) is 8.74. The Hall–Kier alpha value is -2.60. The molecule has 8 nitrogen and oxygen atoms in total. The van der Waals surface area contributed by atoms with E-state index in [1.807, 2.05) is 0 Å². The van der Waals surface area contributed by atoms with E-state index in [9.17, 15) is 18.0 Å². The number of fused-ring (bicyclic) bond motifs is 1. The summed E-state index contributed by atoms with van der Waals surface area (Å²) < 4.78 is 34.4. The van der Waals surface area contributed by atoms with Crippen molar-refractivity contribution in [3.63, 3.8) is 0 Å². The Bertz CT molecular complexity index is 1510. The van der Waals surface area contributed by atoms with Gasteiger partial charge in [-0.3, -0.25) is 14.5 Å². The second-order valence-electron chi connectivity index (χ2n) is 6.54. The van der Waals surface area contributed by atoms with Gasteiger partial charge in [0.2, 0.25) is 0 Å². The van der Waals surface area contributed by atoms with Crippen LogP contribution in [-0.4, -0.2) is 19.3 Å². The summed E-state index contributed by atoms with van der Waals surface area (Å²) in [5.41, 5.74) is 1.20. The first-order valence-corrected chi connectivity index (χ1v) is 12.3. The van der Waals surface area contributed by atoms with Crippen LogP contribution in [0.5, 0.6) is 0 Å². The number of rotatable bonds is 5. The lowest BCUT2D eigenvalue weighted by Crippen LogP contribution is -2.15. The summed E-state index contributed by atoms with van der Waals surface area (Å²) in [4.78, 5) is 26.0. The van der Waals surface area contributed by atoms with Crippen molar-refractivity contribution in [3.8, 4) is 0 Å². The van der Waals surface area contributed by atoms with Gasteiger partial charge < -0.3 is 9.73 Å². The summed E-state index contributed by atoms with van der Waals surface area (Å²) in [5.74, 6) is -1.11. The number of benzene rings is 3. The molecule has 3 aromatic carbocycles. The zero-order valence-electron chi connectivity index (χ0n) is 15.8. The molecule has 1 amide bonds. The van der Waals surface area contributed by atoms with Crippen molar-refractivity contribution in [1.29, 1.82) is 0 Å². The number of aromatic nitrogens is 1. The van der Waals surface area contributed by atoms with Crippen molar-refractivity contribution in [2.75, 3.05) is 10.0 Å². The van der Waals surface area contributed by atoms with Gasteiger partial charge in [0, 0.05) is 20.2 Å². The van der Waals surface area contributed by atoms with Gasteiger partial charge in [0.15, 0.2) is 5.58 Å². The summed E-state index contributed by atoms with van der Waals surface area (Å²) in [6.45, 7) is 0. The van der Waals surface area contributed by atoms with Gasteiger partial charge in [-0.05, 0) is 64.5 Å². The minimum Gasteiger partial charge on any atom is -0.406 e. The monoisotopic (exact) mass is 599 g/mol. The van der Waals surface area contributed by atoms with Gasteiger partial charge in [-0.1, -0.05) is 33.6 Å². The normalized spacial score (nSPS) is 11.5. The molecule has 164 valence electrons. The van der Waals surface area contributed by atoms with E-state index in [1.165, 1.54) is 18.2 Å². The van der Waals surface area contributed by atoms with Crippen LogP contribution >= 0.6 is 43.5 Å². The Morgan fingerprint density at radius 1 is 1.03 bits per heavy atom. The number of halogens is 3. The van der Waals surface area contributed by atoms with Crippen molar-refractivity contribution in [3.05, 3.63) is 84.7 Å². The first-order chi connectivity index (χ1) is 15.1. The molecule has 4 rings (SSSR count). The van der Waals surface area contributed by atoms with E-state index in [1.54, 1.807) is 36.4 Å². The second-order valence-corrected chi connectivity index (χ2v) is 10.3. The molecule has 1 heterocycles. The topological polar surface area (TPSA) is 121 Å². The standard InChI is InChI=1S/C20H12Br2ClN3O5S/c21-11-6-4-10(5-7-11)19(27)24-12-2-1-3-13(8-12)26-32(29,30)18-14(22)9-15-17(16(18)23)31-20(28)25-15/h1-9,26H,(H,24,27)(H,25,28). The number of aromatic amines is 1. The van der Waals surface area contributed by atoms with Crippen molar-refractivity contribution in [1.82, 2.24) is 4.98 Å². The quantitative estimate of drug-likeness (QED) is 0.285. The van der Waals surface area contributed by atoms with Crippen molar-refractivity contribution in [2.24, 2.45) is 0 Å². The van der Waals surface area contributed by atoms with E-state index in [2.05, 4.69) is 46.9 Å². The molecule has 0 fully saturated rings. The summed E-state index contributed by atoms with van der Waals surface area (Å²) in [5, 5.41) is 2.46. The van der Waals surface area contributed by atoms with E-state index in [0.29, 0.717) is 11.3 Å². The molecule has 0 aliphatic carbocycles. The number of oxazole rings is 1. The molecule has 32 heavy (non-hydrogen) atoms. The number of carbonyl (C=O) groups is 1. The Morgan fingerprint density at radius 2 is 1.72 bits per heavy atom. The van der Waals surface area contributed by atoms with Crippen LogP contribution < -0.4 is 15.8 Å². The zero-order chi connectivity index (χ0) is 23.0. The minimum absolute atomic E-state index is 0.0734. The molecule has 0 aliphatic rings. The minimum atomic E-state index is -4.18. The van der Waals surface area contributed by atoms with Gasteiger partial charge in [0.05, 0.1) is 11.2 Å². The number of hydrogen-bond acceptors (Lipinski definition) is 5. The number of amides is 1.